The average Bonchev–Trinajstić information content (AvgIpc) is 3.29. The van der Waals surface area contributed by atoms with E-state index in [1.807, 2.05) is 13.8 Å². The van der Waals surface area contributed by atoms with E-state index >= 15 is 0 Å². The van der Waals surface area contributed by atoms with Gasteiger partial charge in [0.2, 0.25) is 5.89 Å². The Balaban J connectivity index is 1.88. The Hall–Kier alpha value is -3.21. The molecule has 2 heterocycles. The minimum Gasteiger partial charge on any atom is -0.477 e. The van der Waals surface area contributed by atoms with Crippen molar-refractivity contribution in [3.8, 4) is 0 Å². The molecule has 1 aromatic carbocycles. The van der Waals surface area contributed by atoms with Crippen LogP contribution in [0.1, 0.15) is 54.6 Å². The predicted octanol–water partition coefficient (Wildman–Crippen LogP) is 1.32. The highest BCUT2D eigenvalue weighted by Crippen LogP contribution is 2.32. The van der Waals surface area contributed by atoms with Crippen LogP contribution in [0, 0.1) is 0 Å². The first-order valence-electron chi connectivity index (χ1n) is 11.5. The third-order valence-electron chi connectivity index (χ3n) is 5.94. The molecule has 10 heteroatoms. The Morgan fingerprint density at radius 2 is 2.15 bits per heavy atom. The summed E-state index contributed by atoms with van der Waals surface area (Å²) in [6.45, 7) is 6.49. The number of carboxylic acid groups (broad SMARTS) is 1. The summed E-state index contributed by atoms with van der Waals surface area (Å²) in [4.78, 5) is 17.7. The van der Waals surface area contributed by atoms with Crippen LogP contribution in [-0.2, 0) is 24.2 Å². The highest BCUT2D eigenvalue weighted by Gasteiger charge is 2.23. The van der Waals surface area contributed by atoms with E-state index in [0.29, 0.717) is 24.7 Å². The fourth-order valence-corrected chi connectivity index (χ4v) is 3.97. The fraction of sp³-hybridized carbons (Fsp3) is 0.458. The molecule has 0 bridgehead atoms. The summed E-state index contributed by atoms with van der Waals surface area (Å²) in [6, 6.07) is 6.41. The highest BCUT2D eigenvalue weighted by atomic mass is 16.5. The molecule has 3 rings (SSSR count). The van der Waals surface area contributed by atoms with E-state index in [0.717, 1.165) is 37.1 Å². The van der Waals surface area contributed by atoms with E-state index in [1.54, 1.807) is 6.20 Å². The summed E-state index contributed by atoms with van der Waals surface area (Å²) in [5.74, 6) is -0.333. The Morgan fingerprint density at radius 3 is 2.85 bits per heavy atom. The normalized spacial score (nSPS) is 16.7. The Bertz CT molecular complexity index is 1050. The number of fused-ring (bicyclic) bond motifs is 1. The van der Waals surface area contributed by atoms with Crippen molar-refractivity contribution in [2.75, 3.05) is 19.6 Å². The van der Waals surface area contributed by atoms with Crippen LogP contribution in [0.5, 0.6) is 0 Å². The third kappa shape index (κ3) is 6.43. The lowest BCUT2D eigenvalue weighted by Crippen LogP contribution is -2.39. The first kappa shape index (κ1) is 25.4. The molecule has 1 aliphatic heterocycles. The Labute approximate surface area is 199 Å². The molecule has 184 valence electrons. The number of nitrogens with zero attached hydrogens (tertiary/aromatic N) is 3. The van der Waals surface area contributed by atoms with Crippen LogP contribution in [0.4, 0.5) is 0 Å². The molecule has 10 nitrogen and oxygen atoms in total. The van der Waals surface area contributed by atoms with Crippen molar-refractivity contribution in [2.45, 2.75) is 51.7 Å². The van der Waals surface area contributed by atoms with Crippen molar-refractivity contribution in [3.05, 3.63) is 64.7 Å². The van der Waals surface area contributed by atoms with Gasteiger partial charge in [0.1, 0.15) is 5.70 Å². The van der Waals surface area contributed by atoms with Crippen molar-refractivity contribution in [3.63, 3.8) is 0 Å². The number of nitrogens with one attached hydrogen (secondary N) is 1. The number of aromatic nitrogens is 2. The van der Waals surface area contributed by atoms with Crippen LogP contribution in [0.15, 0.2) is 40.8 Å². The Kier molecular flexibility index (Phi) is 8.80. The van der Waals surface area contributed by atoms with Crippen LogP contribution < -0.4 is 16.8 Å². The number of aliphatic hydroxyl groups is 1. The third-order valence-corrected chi connectivity index (χ3v) is 5.94. The summed E-state index contributed by atoms with van der Waals surface area (Å²) in [5, 5.41) is 25.9. The van der Waals surface area contributed by atoms with Gasteiger partial charge in [-0.3, -0.25) is 4.90 Å². The number of carbonyl (C=O) groups is 1. The number of aliphatic carboxylic acids is 1. The molecule has 0 radical (unpaired) electrons. The van der Waals surface area contributed by atoms with Crippen LogP contribution in [0.3, 0.4) is 0 Å². The molecule has 2 atom stereocenters. The summed E-state index contributed by atoms with van der Waals surface area (Å²) in [7, 11) is 0. The van der Waals surface area contributed by atoms with E-state index in [1.165, 1.54) is 17.3 Å². The van der Waals surface area contributed by atoms with E-state index in [4.69, 9.17) is 21.1 Å². The molecular weight excluding hydrogens is 436 g/mol. The highest BCUT2D eigenvalue weighted by molar-refractivity contribution is 5.85. The maximum atomic E-state index is 11.0. The summed E-state index contributed by atoms with van der Waals surface area (Å²) in [5.41, 5.74) is 15.1. The van der Waals surface area contributed by atoms with Crippen molar-refractivity contribution in [2.24, 2.45) is 11.5 Å². The van der Waals surface area contributed by atoms with Gasteiger partial charge >= 0.3 is 5.97 Å². The van der Waals surface area contributed by atoms with Crippen LogP contribution >= 0.6 is 0 Å². The van der Waals surface area contributed by atoms with Gasteiger partial charge < -0.3 is 31.5 Å². The second kappa shape index (κ2) is 11.8. The van der Waals surface area contributed by atoms with Gasteiger partial charge in [0.05, 0.1) is 6.10 Å². The minimum absolute atomic E-state index is 0.116. The molecule has 0 aliphatic carbocycles. The van der Waals surface area contributed by atoms with Crippen LogP contribution in [-0.4, -0.2) is 57.0 Å². The van der Waals surface area contributed by atoms with E-state index in [9.17, 15) is 9.90 Å². The lowest BCUT2D eigenvalue weighted by atomic mass is 9.88. The summed E-state index contributed by atoms with van der Waals surface area (Å²) >= 11 is 0. The number of rotatable bonds is 11. The van der Waals surface area contributed by atoms with E-state index < -0.39 is 12.1 Å². The van der Waals surface area contributed by atoms with Crippen molar-refractivity contribution in [1.82, 2.24) is 20.4 Å². The predicted molar refractivity (Wildman–Crippen MR) is 128 cm³/mol. The molecule has 0 spiro atoms. The zero-order valence-electron chi connectivity index (χ0n) is 19.7. The fourth-order valence-electron chi connectivity index (χ4n) is 3.97. The lowest BCUT2D eigenvalue weighted by Gasteiger charge is -2.31. The SMILES string of the molecule is CCCc1nc(/C(=C/N/C=C(\N)C(=O)O)C(C)c2ccc3c(c2)CN(C[C@@H](O)CN)CC3)no1. The molecule has 0 amide bonds. The number of benzene rings is 1. The molecule has 1 unspecified atom stereocenters. The minimum atomic E-state index is -1.21. The van der Waals surface area contributed by atoms with Gasteiger partial charge in [-0.1, -0.05) is 37.2 Å². The number of aryl methyl sites for hydroxylation is 1. The largest absolute Gasteiger partial charge is 0.477 e. The number of carboxylic acids is 1. The Morgan fingerprint density at radius 1 is 1.35 bits per heavy atom. The summed E-state index contributed by atoms with van der Waals surface area (Å²) < 4.78 is 5.39. The van der Waals surface area contributed by atoms with E-state index in [-0.39, 0.29) is 18.2 Å². The molecular formula is C24H34N6O4. The van der Waals surface area contributed by atoms with Gasteiger partial charge in [0, 0.05) is 56.5 Å². The van der Waals surface area contributed by atoms with Gasteiger partial charge in [-0.05, 0) is 29.5 Å². The molecule has 0 saturated carbocycles. The van der Waals surface area contributed by atoms with Gasteiger partial charge in [-0.15, -0.1) is 0 Å². The molecule has 7 N–H and O–H groups in total. The van der Waals surface area contributed by atoms with Gasteiger partial charge in [-0.25, -0.2) is 4.79 Å². The van der Waals surface area contributed by atoms with Crippen LogP contribution in [0.25, 0.3) is 5.57 Å². The standard InChI is InChI=1S/C24H34N6O4/c1-3-4-22-28-23(29-34-22)20(11-27-12-21(26)24(32)33)15(2)17-6-5-16-7-8-30(13-18(16)9-17)14-19(31)10-25/h5-6,9,11-12,15,19,27,31H,3-4,7-8,10,13-14,25-26H2,1-2H3,(H,32,33)/b20-11+,21-12-/t15?,19-/m0/s1. The van der Waals surface area contributed by atoms with Gasteiger partial charge in [-0.2, -0.15) is 4.98 Å². The van der Waals surface area contributed by atoms with Crippen LogP contribution in [0.2, 0.25) is 0 Å². The van der Waals surface area contributed by atoms with Gasteiger partial charge in [0.25, 0.3) is 0 Å². The zero-order chi connectivity index (χ0) is 24.7. The number of β-amino-alcohol motifs (C(OH)–C–C–N with tert-alkyl or cyclic N) is 1. The molecule has 34 heavy (non-hydrogen) atoms. The zero-order valence-corrected chi connectivity index (χ0v) is 19.7. The van der Waals surface area contributed by atoms with E-state index in [2.05, 4.69) is 38.6 Å². The number of hydrogen-bond acceptors (Lipinski definition) is 9. The molecule has 0 fully saturated rings. The number of aliphatic hydroxyl groups excluding tert-OH is 1. The average molecular weight is 471 g/mol. The van der Waals surface area contributed by atoms with Crippen molar-refractivity contribution >= 4 is 11.5 Å². The first-order valence-corrected chi connectivity index (χ1v) is 11.5. The summed E-state index contributed by atoms with van der Waals surface area (Å²) in [6.07, 6.45) is 4.81. The maximum Gasteiger partial charge on any atom is 0.353 e. The maximum absolute atomic E-state index is 11.0. The quantitative estimate of drug-likeness (QED) is 0.303. The monoisotopic (exact) mass is 470 g/mol. The second-order valence-electron chi connectivity index (χ2n) is 8.56. The molecule has 0 saturated heterocycles. The van der Waals surface area contributed by atoms with Gasteiger partial charge in [0.15, 0.2) is 5.82 Å². The molecule has 2 aromatic rings. The number of nitrogens with two attached hydrogens (primary N) is 2. The molecule has 1 aliphatic rings. The smallest absolute Gasteiger partial charge is 0.353 e. The second-order valence-corrected chi connectivity index (χ2v) is 8.56. The first-order chi connectivity index (χ1) is 16.3. The topological polar surface area (TPSA) is 164 Å². The number of hydrogen-bond donors (Lipinski definition) is 5. The van der Waals surface area contributed by atoms with Crippen molar-refractivity contribution < 1.29 is 19.5 Å². The number of allylic oxidation sites excluding steroid dienone is 1. The molecule has 1 aromatic heterocycles. The van der Waals surface area contributed by atoms with Crippen molar-refractivity contribution in [1.29, 1.82) is 0 Å². The lowest BCUT2D eigenvalue weighted by molar-refractivity contribution is -0.132.